The fraction of sp³-hybridized carbons (Fsp3) is 0.200. The molecule has 0 unspecified atom stereocenters. The highest BCUT2D eigenvalue weighted by molar-refractivity contribution is 5.96. The lowest BCUT2D eigenvalue weighted by Crippen LogP contribution is -2.34. The van der Waals surface area contributed by atoms with Crippen LogP contribution in [0.5, 0.6) is 0 Å². The summed E-state index contributed by atoms with van der Waals surface area (Å²) in [6, 6.07) is 12.7. The number of H-pyrrole nitrogens is 1. The van der Waals surface area contributed by atoms with E-state index in [9.17, 15) is 14.4 Å². The predicted molar refractivity (Wildman–Crippen MR) is 104 cm³/mol. The van der Waals surface area contributed by atoms with Crippen molar-refractivity contribution in [3.63, 3.8) is 0 Å². The molecule has 3 aromatic rings. The van der Waals surface area contributed by atoms with Gasteiger partial charge in [0.15, 0.2) is 0 Å². The van der Waals surface area contributed by atoms with Gasteiger partial charge in [0.05, 0.1) is 24.0 Å². The summed E-state index contributed by atoms with van der Waals surface area (Å²) in [5, 5.41) is 12.9. The van der Waals surface area contributed by atoms with E-state index in [1.54, 1.807) is 24.3 Å². The summed E-state index contributed by atoms with van der Waals surface area (Å²) in [4.78, 5) is 36.1. The second kappa shape index (κ2) is 7.82. The van der Waals surface area contributed by atoms with Crippen LogP contribution in [0.3, 0.4) is 0 Å². The SMILES string of the molecule is Cc1cccc(C)c1NC(=O)CNC(=O)Cc1n[nH]c(=O)c2ccccc12. The van der Waals surface area contributed by atoms with Crippen LogP contribution < -0.4 is 16.2 Å². The van der Waals surface area contributed by atoms with E-state index in [1.165, 1.54) is 0 Å². The van der Waals surface area contributed by atoms with Crippen molar-refractivity contribution in [3.8, 4) is 0 Å². The van der Waals surface area contributed by atoms with Crippen molar-refractivity contribution in [1.82, 2.24) is 15.5 Å². The lowest BCUT2D eigenvalue weighted by Gasteiger charge is -2.12. The van der Waals surface area contributed by atoms with Crippen LogP contribution >= 0.6 is 0 Å². The van der Waals surface area contributed by atoms with Crippen molar-refractivity contribution >= 4 is 28.3 Å². The van der Waals surface area contributed by atoms with E-state index in [2.05, 4.69) is 20.8 Å². The molecule has 0 fully saturated rings. The van der Waals surface area contributed by atoms with Crippen molar-refractivity contribution in [2.75, 3.05) is 11.9 Å². The number of carbonyl (C=O) groups is 2. The van der Waals surface area contributed by atoms with Crippen LogP contribution in [-0.2, 0) is 16.0 Å². The van der Waals surface area contributed by atoms with Gasteiger partial charge in [-0.25, -0.2) is 5.10 Å². The average molecular weight is 364 g/mol. The molecule has 1 heterocycles. The number of para-hydroxylation sites is 1. The largest absolute Gasteiger partial charge is 0.347 e. The summed E-state index contributed by atoms with van der Waals surface area (Å²) in [6.07, 6.45) is -0.0338. The molecule has 0 saturated carbocycles. The summed E-state index contributed by atoms with van der Waals surface area (Å²) >= 11 is 0. The molecule has 0 aliphatic heterocycles. The number of carbonyl (C=O) groups excluding carboxylic acids is 2. The number of rotatable bonds is 5. The van der Waals surface area contributed by atoms with Gasteiger partial charge in [0, 0.05) is 11.1 Å². The maximum absolute atomic E-state index is 12.2. The summed E-state index contributed by atoms with van der Waals surface area (Å²) < 4.78 is 0. The molecule has 3 rings (SSSR count). The van der Waals surface area contributed by atoms with Crippen LogP contribution in [0.1, 0.15) is 16.8 Å². The number of aryl methyl sites for hydroxylation is 2. The van der Waals surface area contributed by atoms with Gasteiger partial charge in [-0.05, 0) is 31.0 Å². The number of fused-ring (bicyclic) bond motifs is 1. The minimum Gasteiger partial charge on any atom is -0.347 e. The van der Waals surface area contributed by atoms with Crippen LogP contribution in [0.4, 0.5) is 5.69 Å². The Balaban J connectivity index is 1.63. The molecule has 27 heavy (non-hydrogen) atoms. The van der Waals surface area contributed by atoms with Gasteiger partial charge < -0.3 is 10.6 Å². The number of nitrogens with one attached hydrogen (secondary N) is 3. The molecular formula is C20H20N4O3. The quantitative estimate of drug-likeness (QED) is 0.642. The Hall–Kier alpha value is -3.48. The summed E-state index contributed by atoms with van der Waals surface area (Å²) in [7, 11) is 0. The van der Waals surface area contributed by atoms with Crippen LogP contribution in [0.25, 0.3) is 10.8 Å². The van der Waals surface area contributed by atoms with E-state index in [4.69, 9.17) is 0 Å². The van der Waals surface area contributed by atoms with E-state index in [-0.39, 0.29) is 30.3 Å². The van der Waals surface area contributed by atoms with E-state index >= 15 is 0 Å². The monoisotopic (exact) mass is 364 g/mol. The number of amides is 2. The molecule has 138 valence electrons. The number of nitrogens with zero attached hydrogens (tertiary/aromatic N) is 1. The fourth-order valence-corrected chi connectivity index (χ4v) is 2.89. The van der Waals surface area contributed by atoms with Crippen molar-refractivity contribution in [2.24, 2.45) is 0 Å². The standard InChI is InChI=1S/C20H20N4O3/c1-12-6-5-7-13(2)19(12)22-18(26)11-21-17(25)10-16-14-8-3-4-9-15(14)20(27)24-23-16/h3-9H,10-11H2,1-2H3,(H,21,25)(H,22,26)(H,24,27). The first-order chi connectivity index (χ1) is 13.0. The molecule has 2 aromatic carbocycles. The number of hydrogen-bond donors (Lipinski definition) is 3. The van der Waals surface area contributed by atoms with E-state index in [0.29, 0.717) is 16.5 Å². The van der Waals surface area contributed by atoms with Crippen molar-refractivity contribution in [1.29, 1.82) is 0 Å². The average Bonchev–Trinajstić information content (AvgIpc) is 2.66. The molecule has 1 aromatic heterocycles. The highest BCUT2D eigenvalue weighted by Gasteiger charge is 2.12. The van der Waals surface area contributed by atoms with Gasteiger partial charge in [0.2, 0.25) is 11.8 Å². The molecule has 0 saturated heterocycles. The van der Waals surface area contributed by atoms with Gasteiger partial charge >= 0.3 is 0 Å². The Bertz CT molecular complexity index is 1050. The minimum absolute atomic E-state index is 0.0338. The Labute approximate surface area is 155 Å². The van der Waals surface area contributed by atoms with Crippen molar-refractivity contribution in [3.05, 3.63) is 69.6 Å². The molecule has 0 bridgehead atoms. The molecular weight excluding hydrogens is 344 g/mol. The van der Waals surface area contributed by atoms with E-state index in [1.807, 2.05) is 32.0 Å². The lowest BCUT2D eigenvalue weighted by atomic mass is 10.1. The maximum Gasteiger partial charge on any atom is 0.272 e. The molecule has 2 amide bonds. The maximum atomic E-state index is 12.2. The van der Waals surface area contributed by atoms with Gasteiger partial charge in [0.1, 0.15) is 0 Å². The zero-order valence-electron chi connectivity index (χ0n) is 15.1. The second-order valence-electron chi connectivity index (χ2n) is 6.31. The van der Waals surface area contributed by atoms with Crippen molar-refractivity contribution in [2.45, 2.75) is 20.3 Å². The van der Waals surface area contributed by atoms with Gasteiger partial charge in [-0.1, -0.05) is 36.4 Å². The zero-order valence-corrected chi connectivity index (χ0v) is 15.1. The minimum atomic E-state index is -0.351. The third-order valence-corrected chi connectivity index (χ3v) is 4.29. The number of benzene rings is 2. The first-order valence-corrected chi connectivity index (χ1v) is 8.55. The molecule has 0 atom stereocenters. The molecule has 0 spiro atoms. The van der Waals surface area contributed by atoms with Gasteiger partial charge in [-0.3, -0.25) is 14.4 Å². The zero-order chi connectivity index (χ0) is 19.4. The predicted octanol–water partition coefficient (Wildman–Crippen LogP) is 1.84. The van der Waals surface area contributed by atoms with E-state index < -0.39 is 0 Å². The lowest BCUT2D eigenvalue weighted by molar-refractivity contribution is -0.123. The molecule has 0 aliphatic rings. The van der Waals surface area contributed by atoms with Gasteiger partial charge in [0.25, 0.3) is 5.56 Å². The Morgan fingerprint density at radius 1 is 0.963 bits per heavy atom. The van der Waals surface area contributed by atoms with Crippen molar-refractivity contribution < 1.29 is 9.59 Å². The highest BCUT2D eigenvalue weighted by Crippen LogP contribution is 2.19. The molecule has 3 N–H and O–H groups in total. The van der Waals surface area contributed by atoms with Crippen LogP contribution in [0, 0.1) is 13.8 Å². The summed E-state index contributed by atoms with van der Waals surface area (Å²) in [6.45, 7) is 3.68. The smallest absolute Gasteiger partial charge is 0.272 e. The topological polar surface area (TPSA) is 104 Å². The first kappa shape index (κ1) is 18.3. The summed E-state index contributed by atoms with van der Waals surface area (Å²) in [5.41, 5.74) is 2.82. The first-order valence-electron chi connectivity index (χ1n) is 8.55. The van der Waals surface area contributed by atoms with Crippen LogP contribution in [0.15, 0.2) is 47.3 Å². The Morgan fingerprint density at radius 2 is 1.63 bits per heavy atom. The number of aromatic nitrogens is 2. The summed E-state index contributed by atoms with van der Waals surface area (Å²) in [5.74, 6) is -0.656. The van der Waals surface area contributed by atoms with Crippen LogP contribution in [-0.4, -0.2) is 28.6 Å². The Morgan fingerprint density at radius 3 is 2.33 bits per heavy atom. The highest BCUT2D eigenvalue weighted by atomic mass is 16.2. The molecule has 7 nitrogen and oxygen atoms in total. The molecule has 0 aliphatic carbocycles. The fourth-order valence-electron chi connectivity index (χ4n) is 2.89. The second-order valence-corrected chi connectivity index (χ2v) is 6.31. The van der Waals surface area contributed by atoms with Gasteiger partial charge in [-0.2, -0.15) is 5.10 Å². The number of aromatic amines is 1. The Kier molecular flexibility index (Phi) is 5.30. The normalized spacial score (nSPS) is 10.6. The number of hydrogen-bond acceptors (Lipinski definition) is 4. The third kappa shape index (κ3) is 4.20. The van der Waals surface area contributed by atoms with Gasteiger partial charge in [-0.15, -0.1) is 0 Å². The molecule has 0 radical (unpaired) electrons. The third-order valence-electron chi connectivity index (χ3n) is 4.29. The van der Waals surface area contributed by atoms with E-state index in [0.717, 1.165) is 16.8 Å². The van der Waals surface area contributed by atoms with Crippen LogP contribution in [0.2, 0.25) is 0 Å². The number of anilines is 1. The molecule has 7 heteroatoms.